The van der Waals surface area contributed by atoms with Crippen molar-refractivity contribution in [1.29, 1.82) is 0 Å². The van der Waals surface area contributed by atoms with Gasteiger partial charge in [0, 0.05) is 60.5 Å². The summed E-state index contributed by atoms with van der Waals surface area (Å²) in [5.41, 5.74) is 8.50. The Bertz CT molecular complexity index is 1890. The van der Waals surface area contributed by atoms with Crippen LogP contribution in [0.25, 0.3) is 32.8 Å². The molecule has 2 atom stereocenters. The van der Waals surface area contributed by atoms with E-state index in [0.717, 1.165) is 58.9 Å². The molecule has 5 aromatic rings. The SMILES string of the molecule is CN=CC1CCN(Cc2ccc(C(F)(F)F)cc2NC(O)c2cc(-c3ccc4nc(N)ncc4c3)c3ccccc3c2OC)C1. The molecule has 1 aliphatic rings. The van der Waals surface area contributed by atoms with Gasteiger partial charge in [-0.15, -0.1) is 0 Å². The zero-order valence-corrected chi connectivity index (χ0v) is 24.8. The lowest BCUT2D eigenvalue weighted by Crippen LogP contribution is -2.22. The third kappa shape index (κ3) is 6.27. The molecule has 8 nitrogen and oxygen atoms in total. The fourth-order valence-electron chi connectivity index (χ4n) is 6.08. The van der Waals surface area contributed by atoms with E-state index < -0.39 is 18.0 Å². The monoisotopic (exact) mass is 614 g/mol. The summed E-state index contributed by atoms with van der Waals surface area (Å²) < 4.78 is 47.3. The highest BCUT2D eigenvalue weighted by molar-refractivity contribution is 6.02. The van der Waals surface area contributed by atoms with Crippen molar-refractivity contribution in [3.8, 4) is 16.9 Å². The molecule has 1 aromatic heterocycles. The zero-order valence-electron chi connectivity index (χ0n) is 24.8. The Kier molecular flexibility index (Phi) is 8.30. The van der Waals surface area contributed by atoms with Crippen LogP contribution in [0, 0.1) is 5.92 Å². The van der Waals surface area contributed by atoms with Gasteiger partial charge in [-0.05, 0) is 65.4 Å². The lowest BCUT2D eigenvalue weighted by molar-refractivity contribution is -0.137. The number of nitrogens with one attached hydrogen (secondary N) is 1. The number of nitrogens with two attached hydrogens (primary N) is 1. The predicted molar refractivity (Wildman–Crippen MR) is 171 cm³/mol. The maximum Gasteiger partial charge on any atom is 0.416 e. The average Bonchev–Trinajstić information content (AvgIpc) is 3.47. The van der Waals surface area contributed by atoms with Gasteiger partial charge in [0.05, 0.1) is 18.2 Å². The number of hydrogen-bond acceptors (Lipinski definition) is 8. The molecule has 0 amide bonds. The first-order valence-corrected chi connectivity index (χ1v) is 14.6. The van der Waals surface area contributed by atoms with E-state index in [-0.39, 0.29) is 11.6 Å². The number of ether oxygens (including phenoxy) is 1. The molecule has 45 heavy (non-hydrogen) atoms. The van der Waals surface area contributed by atoms with Crippen molar-refractivity contribution in [2.45, 2.75) is 25.4 Å². The summed E-state index contributed by atoms with van der Waals surface area (Å²) in [5, 5.41) is 17.1. The molecule has 232 valence electrons. The third-order valence-electron chi connectivity index (χ3n) is 8.22. The Hall–Kier alpha value is -4.74. The molecule has 0 saturated carbocycles. The van der Waals surface area contributed by atoms with E-state index in [1.807, 2.05) is 48.7 Å². The van der Waals surface area contributed by atoms with Gasteiger partial charge in [0.25, 0.3) is 0 Å². The van der Waals surface area contributed by atoms with E-state index in [0.29, 0.717) is 34.9 Å². The smallest absolute Gasteiger partial charge is 0.416 e. The molecule has 2 heterocycles. The molecule has 11 heteroatoms. The number of benzene rings is 4. The number of nitrogen functional groups attached to an aromatic ring is 1. The second-order valence-electron chi connectivity index (χ2n) is 11.2. The van der Waals surface area contributed by atoms with Gasteiger partial charge in [0.15, 0.2) is 6.23 Å². The van der Waals surface area contributed by atoms with Crippen LogP contribution in [0.4, 0.5) is 24.8 Å². The van der Waals surface area contributed by atoms with Crippen molar-refractivity contribution in [2.75, 3.05) is 38.3 Å². The maximum atomic E-state index is 13.8. The van der Waals surface area contributed by atoms with Crippen LogP contribution in [-0.4, -0.2) is 53.4 Å². The zero-order chi connectivity index (χ0) is 31.7. The van der Waals surface area contributed by atoms with Gasteiger partial charge >= 0.3 is 6.18 Å². The molecule has 4 aromatic carbocycles. The number of anilines is 2. The Balaban J connectivity index is 1.42. The van der Waals surface area contributed by atoms with Crippen LogP contribution in [0.1, 0.15) is 29.3 Å². The fourth-order valence-corrected chi connectivity index (χ4v) is 6.08. The summed E-state index contributed by atoms with van der Waals surface area (Å²) >= 11 is 0. The fraction of sp³-hybridized carbons (Fsp3) is 0.265. The minimum absolute atomic E-state index is 0.176. The van der Waals surface area contributed by atoms with Crippen molar-refractivity contribution in [3.05, 3.63) is 89.6 Å². The average molecular weight is 615 g/mol. The second-order valence-corrected chi connectivity index (χ2v) is 11.2. The molecule has 1 aliphatic heterocycles. The summed E-state index contributed by atoms with van der Waals surface area (Å²) in [5.74, 6) is 0.890. The molecule has 0 bridgehead atoms. The minimum atomic E-state index is -4.55. The summed E-state index contributed by atoms with van der Waals surface area (Å²) in [6.07, 6.45) is -1.45. The highest BCUT2D eigenvalue weighted by atomic mass is 19.4. The van der Waals surface area contributed by atoms with Crippen molar-refractivity contribution in [1.82, 2.24) is 14.9 Å². The van der Waals surface area contributed by atoms with E-state index >= 15 is 0 Å². The number of aliphatic hydroxyl groups excluding tert-OH is 1. The highest BCUT2D eigenvalue weighted by Gasteiger charge is 2.32. The standard InChI is InChI=1S/C34H33F3N6O2/c1-39-16-20-11-12-43(18-20)19-22-7-9-24(34(35,36)37)14-30(22)41-32(44)28-15-27(25-5-3-4-6-26(25)31(28)45-2)21-8-10-29-23(13-21)17-40-33(38)42-29/h3-10,13-17,20,32,41,44H,11-12,18-19H2,1-2H3,(H2,38,40,42). The number of rotatable bonds is 8. The topological polar surface area (TPSA) is 109 Å². The molecule has 4 N–H and O–H groups in total. The number of likely N-dealkylation sites (tertiary alicyclic amines) is 1. The van der Waals surface area contributed by atoms with E-state index in [1.165, 1.54) is 13.2 Å². The Morgan fingerprint density at radius 3 is 2.69 bits per heavy atom. The number of alkyl halides is 3. The van der Waals surface area contributed by atoms with Crippen molar-refractivity contribution < 1.29 is 23.0 Å². The van der Waals surface area contributed by atoms with Crippen LogP contribution < -0.4 is 15.8 Å². The van der Waals surface area contributed by atoms with E-state index in [2.05, 4.69) is 25.2 Å². The molecular formula is C34H33F3N6O2. The number of nitrogens with zero attached hydrogens (tertiary/aromatic N) is 4. The quantitative estimate of drug-likeness (QED) is 0.132. The number of fused-ring (bicyclic) bond motifs is 2. The number of aliphatic imine (C=N–C) groups is 1. The normalized spacial score (nSPS) is 16.5. The molecular weight excluding hydrogens is 581 g/mol. The predicted octanol–water partition coefficient (Wildman–Crippen LogP) is 6.69. The van der Waals surface area contributed by atoms with Gasteiger partial charge in [0.1, 0.15) is 5.75 Å². The number of aliphatic hydroxyl groups is 1. The van der Waals surface area contributed by atoms with Gasteiger partial charge in [-0.3, -0.25) is 4.90 Å². The van der Waals surface area contributed by atoms with E-state index in [9.17, 15) is 18.3 Å². The molecule has 0 spiro atoms. The highest BCUT2D eigenvalue weighted by Crippen LogP contribution is 2.42. The van der Waals surface area contributed by atoms with Gasteiger partial charge in [0.2, 0.25) is 5.95 Å². The lowest BCUT2D eigenvalue weighted by atomic mass is 9.93. The van der Waals surface area contributed by atoms with Crippen LogP contribution in [-0.2, 0) is 12.7 Å². The summed E-state index contributed by atoms with van der Waals surface area (Å²) in [6, 6.07) is 18.7. The third-order valence-corrected chi connectivity index (χ3v) is 8.22. The molecule has 1 saturated heterocycles. The molecule has 0 aliphatic carbocycles. The van der Waals surface area contributed by atoms with Gasteiger partial charge in [-0.2, -0.15) is 13.2 Å². The van der Waals surface area contributed by atoms with Crippen LogP contribution >= 0.6 is 0 Å². The van der Waals surface area contributed by atoms with Gasteiger partial charge in [-0.1, -0.05) is 36.4 Å². The Labute approximate surface area is 258 Å². The van der Waals surface area contributed by atoms with E-state index in [1.54, 1.807) is 19.3 Å². The van der Waals surface area contributed by atoms with Crippen LogP contribution in [0.2, 0.25) is 0 Å². The minimum Gasteiger partial charge on any atom is -0.496 e. The van der Waals surface area contributed by atoms with Crippen molar-refractivity contribution in [3.63, 3.8) is 0 Å². The second kappa shape index (κ2) is 12.3. The van der Waals surface area contributed by atoms with Crippen LogP contribution in [0.15, 0.2) is 77.9 Å². The van der Waals surface area contributed by atoms with Crippen LogP contribution in [0.3, 0.4) is 0 Å². The largest absolute Gasteiger partial charge is 0.496 e. The first-order valence-electron chi connectivity index (χ1n) is 14.6. The Morgan fingerprint density at radius 1 is 1.13 bits per heavy atom. The first-order chi connectivity index (χ1) is 21.6. The number of methoxy groups -OCH3 is 1. The van der Waals surface area contributed by atoms with Crippen molar-refractivity contribution in [2.24, 2.45) is 10.9 Å². The summed E-state index contributed by atoms with van der Waals surface area (Å²) in [7, 11) is 3.24. The molecule has 1 fully saturated rings. The van der Waals surface area contributed by atoms with E-state index in [4.69, 9.17) is 10.5 Å². The van der Waals surface area contributed by atoms with Crippen molar-refractivity contribution >= 4 is 39.5 Å². The first kappa shape index (κ1) is 30.3. The molecule has 0 radical (unpaired) electrons. The molecule has 6 rings (SSSR count). The number of halogens is 3. The Morgan fingerprint density at radius 2 is 1.93 bits per heavy atom. The lowest BCUT2D eigenvalue weighted by Gasteiger charge is -2.24. The molecule has 2 unspecified atom stereocenters. The summed E-state index contributed by atoms with van der Waals surface area (Å²) in [4.78, 5) is 14.7. The van der Waals surface area contributed by atoms with Gasteiger partial charge in [-0.25, -0.2) is 9.97 Å². The van der Waals surface area contributed by atoms with Crippen LogP contribution in [0.5, 0.6) is 5.75 Å². The summed E-state index contributed by atoms with van der Waals surface area (Å²) in [6.45, 7) is 1.97. The van der Waals surface area contributed by atoms with Gasteiger partial charge < -0.3 is 25.9 Å². The number of aromatic nitrogens is 2. The maximum absolute atomic E-state index is 13.8. The number of hydrogen-bond donors (Lipinski definition) is 3.